The maximum atomic E-state index is 12.3. The van der Waals surface area contributed by atoms with Crippen LogP contribution in [0.4, 0.5) is 5.95 Å². The molecule has 0 saturated heterocycles. The molecule has 0 aliphatic carbocycles. The van der Waals surface area contributed by atoms with E-state index in [0.29, 0.717) is 17.1 Å². The van der Waals surface area contributed by atoms with Crippen LogP contribution in [0, 0.1) is 11.3 Å². The van der Waals surface area contributed by atoms with Crippen LogP contribution in [0.3, 0.4) is 0 Å². The van der Waals surface area contributed by atoms with Crippen LogP contribution in [0.5, 0.6) is 11.5 Å². The summed E-state index contributed by atoms with van der Waals surface area (Å²) in [6.07, 6.45) is 2.53. The Hall–Kier alpha value is -4.12. The summed E-state index contributed by atoms with van der Waals surface area (Å²) in [6.45, 7) is 4.04. The van der Waals surface area contributed by atoms with Crippen LogP contribution in [0.2, 0.25) is 0 Å². The van der Waals surface area contributed by atoms with E-state index < -0.39 is 5.56 Å². The lowest BCUT2D eigenvalue weighted by Crippen LogP contribution is -2.16. The van der Waals surface area contributed by atoms with Crippen molar-refractivity contribution in [3.63, 3.8) is 0 Å². The van der Waals surface area contributed by atoms with Gasteiger partial charge in [0.15, 0.2) is 11.5 Å². The van der Waals surface area contributed by atoms with Crippen LogP contribution in [-0.4, -0.2) is 29.4 Å². The lowest BCUT2D eigenvalue weighted by atomic mass is 10.1. The molecular formula is C23H23N5O3. The Kier molecular flexibility index (Phi) is 7.01. The minimum atomic E-state index is -0.540. The Morgan fingerprint density at radius 3 is 2.71 bits per heavy atom. The summed E-state index contributed by atoms with van der Waals surface area (Å²) < 4.78 is 11.2. The number of H-pyrrole nitrogens is 1. The van der Waals surface area contributed by atoms with E-state index in [9.17, 15) is 10.1 Å². The van der Waals surface area contributed by atoms with Gasteiger partial charge in [-0.2, -0.15) is 10.4 Å². The van der Waals surface area contributed by atoms with E-state index in [0.717, 1.165) is 12.0 Å². The molecule has 3 aromatic rings. The Bertz CT molecular complexity index is 1170. The molecule has 3 rings (SSSR count). The standard InChI is InChI=1S/C23H23N5O3/c1-4-15(2)31-19-11-10-16(12-20(19)30-3)14-25-28-23-26-21(17-8-6-5-7-9-17)18(13-24)22(29)27-23/h5-12,14-15H,4H2,1-3H3,(H2,26,27,28,29). The number of benzene rings is 2. The molecule has 1 atom stereocenters. The zero-order valence-corrected chi connectivity index (χ0v) is 17.5. The smallest absolute Gasteiger partial charge is 0.270 e. The van der Waals surface area contributed by atoms with Gasteiger partial charge in [-0.05, 0) is 37.1 Å². The largest absolute Gasteiger partial charge is 0.493 e. The van der Waals surface area contributed by atoms with E-state index in [1.807, 2.05) is 43.3 Å². The fourth-order valence-electron chi connectivity index (χ4n) is 2.76. The molecular weight excluding hydrogens is 394 g/mol. The molecule has 2 N–H and O–H groups in total. The highest BCUT2D eigenvalue weighted by Crippen LogP contribution is 2.29. The molecule has 0 bridgehead atoms. The van der Waals surface area contributed by atoms with E-state index in [2.05, 4.69) is 27.4 Å². The van der Waals surface area contributed by atoms with E-state index in [4.69, 9.17) is 9.47 Å². The number of nitriles is 1. The van der Waals surface area contributed by atoms with Crippen molar-refractivity contribution >= 4 is 12.2 Å². The van der Waals surface area contributed by atoms with Gasteiger partial charge in [0.1, 0.15) is 11.6 Å². The van der Waals surface area contributed by atoms with Crippen LogP contribution in [0.1, 0.15) is 31.4 Å². The average molecular weight is 417 g/mol. The van der Waals surface area contributed by atoms with Crippen LogP contribution in [-0.2, 0) is 0 Å². The van der Waals surface area contributed by atoms with Gasteiger partial charge in [0.05, 0.1) is 25.1 Å². The number of hydrazone groups is 1. The molecule has 1 aromatic heterocycles. The summed E-state index contributed by atoms with van der Waals surface area (Å²) in [5, 5.41) is 13.5. The minimum Gasteiger partial charge on any atom is -0.493 e. The monoisotopic (exact) mass is 417 g/mol. The van der Waals surface area contributed by atoms with E-state index in [-0.39, 0.29) is 23.3 Å². The molecule has 8 heteroatoms. The first-order chi connectivity index (χ1) is 15.0. The number of nitrogens with one attached hydrogen (secondary N) is 2. The molecule has 2 aromatic carbocycles. The van der Waals surface area contributed by atoms with E-state index in [1.165, 1.54) is 0 Å². The van der Waals surface area contributed by atoms with Gasteiger partial charge in [-0.15, -0.1) is 0 Å². The second-order valence-corrected chi connectivity index (χ2v) is 6.73. The van der Waals surface area contributed by atoms with E-state index >= 15 is 0 Å². The first kappa shape index (κ1) is 21.6. The number of hydrogen-bond donors (Lipinski definition) is 2. The number of ether oxygens (including phenoxy) is 2. The van der Waals surface area contributed by atoms with E-state index in [1.54, 1.807) is 31.5 Å². The van der Waals surface area contributed by atoms with Crippen molar-refractivity contribution in [2.75, 3.05) is 12.5 Å². The summed E-state index contributed by atoms with van der Waals surface area (Å²) in [5.41, 5.74) is 3.84. The number of anilines is 1. The molecule has 1 heterocycles. The molecule has 0 radical (unpaired) electrons. The van der Waals surface area contributed by atoms with Gasteiger partial charge in [0.2, 0.25) is 5.95 Å². The first-order valence-corrected chi connectivity index (χ1v) is 9.79. The predicted octanol–water partition coefficient (Wildman–Crippen LogP) is 3.94. The van der Waals surface area contributed by atoms with Crippen molar-refractivity contribution in [3.8, 4) is 28.8 Å². The third kappa shape index (κ3) is 5.28. The molecule has 0 amide bonds. The highest BCUT2D eigenvalue weighted by atomic mass is 16.5. The molecule has 0 spiro atoms. The number of hydrogen-bond acceptors (Lipinski definition) is 7. The van der Waals surface area contributed by atoms with Gasteiger partial charge >= 0.3 is 0 Å². The summed E-state index contributed by atoms with van der Waals surface area (Å²) in [7, 11) is 1.58. The zero-order valence-electron chi connectivity index (χ0n) is 17.5. The highest BCUT2D eigenvalue weighted by Gasteiger charge is 2.13. The SMILES string of the molecule is CCC(C)Oc1ccc(C=NNc2nc(-c3ccccc3)c(C#N)c(=O)[nH]2)cc1OC. The molecule has 0 aliphatic rings. The van der Waals surface area contributed by atoms with Gasteiger partial charge in [0.25, 0.3) is 5.56 Å². The average Bonchev–Trinajstić information content (AvgIpc) is 2.80. The Morgan fingerprint density at radius 2 is 2.03 bits per heavy atom. The number of methoxy groups -OCH3 is 1. The Balaban J connectivity index is 1.82. The summed E-state index contributed by atoms with van der Waals surface area (Å²) in [5.74, 6) is 1.39. The third-order valence-corrected chi connectivity index (χ3v) is 4.55. The first-order valence-electron chi connectivity index (χ1n) is 9.79. The minimum absolute atomic E-state index is 0.0534. The second-order valence-electron chi connectivity index (χ2n) is 6.73. The fraction of sp³-hybridized carbons (Fsp3) is 0.217. The van der Waals surface area contributed by atoms with Crippen molar-refractivity contribution in [3.05, 3.63) is 70.0 Å². The van der Waals surface area contributed by atoms with Crippen LogP contribution >= 0.6 is 0 Å². The van der Waals surface area contributed by atoms with Crippen molar-refractivity contribution in [2.45, 2.75) is 26.4 Å². The fourth-order valence-corrected chi connectivity index (χ4v) is 2.76. The molecule has 8 nitrogen and oxygen atoms in total. The van der Waals surface area contributed by atoms with Gasteiger partial charge in [-0.25, -0.2) is 10.4 Å². The Labute approximate surface area is 180 Å². The van der Waals surface area contributed by atoms with Crippen molar-refractivity contribution in [1.29, 1.82) is 5.26 Å². The number of aromatic amines is 1. The number of nitrogens with zero attached hydrogens (tertiary/aromatic N) is 3. The number of rotatable bonds is 8. The van der Waals surface area contributed by atoms with Gasteiger partial charge < -0.3 is 9.47 Å². The maximum Gasteiger partial charge on any atom is 0.270 e. The second kappa shape index (κ2) is 10.1. The zero-order chi connectivity index (χ0) is 22.2. The molecule has 0 saturated carbocycles. The molecule has 0 fully saturated rings. The Morgan fingerprint density at radius 1 is 1.26 bits per heavy atom. The lowest BCUT2D eigenvalue weighted by Gasteiger charge is -2.15. The van der Waals surface area contributed by atoms with Crippen LogP contribution in [0.25, 0.3) is 11.3 Å². The van der Waals surface area contributed by atoms with Crippen LogP contribution < -0.4 is 20.5 Å². The molecule has 0 aliphatic heterocycles. The molecule has 158 valence electrons. The molecule has 31 heavy (non-hydrogen) atoms. The van der Waals surface area contributed by atoms with Gasteiger partial charge in [0, 0.05) is 5.56 Å². The van der Waals surface area contributed by atoms with Crippen LogP contribution in [0.15, 0.2) is 58.4 Å². The topological polar surface area (TPSA) is 112 Å². The van der Waals surface area contributed by atoms with Crippen molar-refractivity contribution in [2.24, 2.45) is 5.10 Å². The van der Waals surface area contributed by atoms with Crippen molar-refractivity contribution < 1.29 is 9.47 Å². The quantitative estimate of drug-likeness (QED) is 0.424. The highest BCUT2D eigenvalue weighted by molar-refractivity contribution is 5.81. The summed E-state index contributed by atoms with van der Waals surface area (Å²) >= 11 is 0. The molecule has 1 unspecified atom stereocenters. The maximum absolute atomic E-state index is 12.3. The third-order valence-electron chi connectivity index (χ3n) is 4.55. The van der Waals surface area contributed by atoms with Gasteiger partial charge in [-0.3, -0.25) is 9.78 Å². The normalized spacial score (nSPS) is 11.7. The summed E-state index contributed by atoms with van der Waals surface area (Å²) in [4.78, 5) is 19.2. The van der Waals surface area contributed by atoms with Crippen molar-refractivity contribution in [1.82, 2.24) is 9.97 Å². The number of aromatic nitrogens is 2. The predicted molar refractivity (Wildman–Crippen MR) is 120 cm³/mol. The summed E-state index contributed by atoms with van der Waals surface area (Å²) in [6, 6.07) is 16.4. The lowest BCUT2D eigenvalue weighted by molar-refractivity contribution is 0.207. The van der Waals surface area contributed by atoms with Gasteiger partial charge in [-0.1, -0.05) is 37.3 Å².